The fourth-order valence-electron chi connectivity index (χ4n) is 3.57. The lowest BCUT2D eigenvalue weighted by Crippen LogP contribution is -2.49. The smallest absolute Gasteiger partial charge is 0.226 e. The van der Waals surface area contributed by atoms with Crippen molar-refractivity contribution in [3.05, 3.63) is 35.9 Å². The molecule has 1 aromatic carbocycles. The summed E-state index contributed by atoms with van der Waals surface area (Å²) in [6, 6.07) is 10.4. The minimum atomic E-state index is -0.430. The van der Waals surface area contributed by atoms with Gasteiger partial charge in [-0.15, -0.1) is 0 Å². The minimum absolute atomic E-state index is 0.0581. The van der Waals surface area contributed by atoms with E-state index in [0.29, 0.717) is 19.6 Å². The first kappa shape index (κ1) is 20.9. The van der Waals surface area contributed by atoms with Crippen molar-refractivity contribution in [1.29, 1.82) is 0 Å². The maximum Gasteiger partial charge on any atom is 0.226 e. The number of piperidine rings is 1. The van der Waals surface area contributed by atoms with E-state index in [1.807, 2.05) is 19.9 Å². The van der Waals surface area contributed by atoms with E-state index >= 15 is 0 Å². The number of benzene rings is 1. The Morgan fingerprint density at radius 3 is 2.58 bits per heavy atom. The normalized spacial score (nSPS) is 17.4. The monoisotopic (exact) mass is 362 g/mol. The average Bonchev–Trinajstić information content (AvgIpc) is 2.64. The van der Waals surface area contributed by atoms with Crippen molar-refractivity contribution >= 4 is 5.91 Å². The molecule has 2 rings (SSSR count). The molecule has 1 aromatic rings. The molecular weight excluding hydrogens is 328 g/mol. The number of ether oxygens (including phenoxy) is 1. The standard InChI is InChI=1S/C21H34N2O3/c1-18(2)26-16-6-12-22-20(25)21(11-15-24)9-13-23(14-10-21)17-19-7-4-3-5-8-19/h3-5,7-8,18,24H,6,9-17H2,1-2H3,(H,22,25). The van der Waals surface area contributed by atoms with Gasteiger partial charge in [0.15, 0.2) is 0 Å². The number of aliphatic hydroxyl groups is 1. The third-order valence-electron chi connectivity index (χ3n) is 5.19. The molecule has 1 aliphatic heterocycles. The van der Waals surface area contributed by atoms with E-state index in [4.69, 9.17) is 4.74 Å². The highest BCUT2D eigenvalue weighted by Crippen LogP contribution is 2.35. The van der Waals surface area contributed by atoms with E-state index in [9.17, 15) is 9.90 Å². The predicted molar refractivity (Wildman–Crippen MR) is 104 cm³/mol. The van der Waals surface area contributed by atoms with Crippen molar-refractivity contribution in [3.8, 4) is 0 Å². The summed E-state index contributed by atoms with van der Waals surface area (Å²) in [5, 5.41) is 12.6. The van der Waals surface area contributed by atoms with Crippen LogP contribution >= 0.6 is 0 Å². The average molecular weight is 363 g/mol. The Morgan fingerprint density at radius 1 is 1.27 bits per heavy atom. The number of amides is 1. The number of carbonyl (C=O) groups excluding carboxylic acids is 1. The number of rotatable bonds is 10. The zero-order valence-corrected chi connectivity index (χ0v) is 16.2. The van der Waals surface area contributed by atoms with Gasteiger partial charge in [-0.2, -0.15) is 0 Å². The molecule has 1 fully saturated rings. The topological polar surface area (TPSA) is 61.8 Å². The first-order valence-corrected chi connectivity index (χ1v) is 9.83. The molecule has 1 aliphatic rings. The molecule has 0 bridgehead atoms. The summed E-state index contributed by atoms with van der Waals surface area (Å²) < 4.78 is 5.51. The lowest BCUT2D eigenvalue weighted by atomic mass is 9.75. The molecule has 146 valence electrons. The van der Waals surface area contributed by atoms with E-state index < -0.39 is 5.41 Å². The maximum atomic E-state index is 12.8. The number of carbonyl (C=O) groups is 1. The number of hydrogen-bond donors (Lipinski definition) is 2. The quantitative estimate of drug-likeness (QED) is 0.628. The van der Waals surface area contributed by atoms with Gasteiger partial charge >= 0.3 is 0 Å². The molecular formula is C21H34N2O3. The highest BCUT2D eigenvalue weighted by molar-refractivity contribution is 5.82. The van der Waals surface area contributed by atoms with E-state index in [-0.39, 0.29) is 18.6 Å². The molecule has 0 saturated carbocycles. The number of nitrogens with one attached hydrogen (secondary N) is 1. The van der Waals surface area contributed by atoms with Crippen molar-refractivity contribution < 1.29 is 14.6 Å². The summed E-state index contributed by atoms with van der Waals surface area (Å²) in [6.07, 6.45) is 3.18. The van der Waals surface area contributed by atoms with Crippen molar-refractivity contribution in [2.75, 3.05) is 32.8 Å². The number of hydrogen-bond acceptors (Lipinski definition) is 4. The Bertz CT molecular complexity index is 525. The zero-order valence-electron chi connectivity index (χ0n) is 16.2. The van der Waals surface area contributed by atoms with Gasteiger partial charge in [0.2, 0.25) is 5.91 Å². The van der Waals surface area contributed by atoms with Crippen LogP contribution in [0.15, 0.2) is 30.3 Å². The van der Waals surface area contributed by atoms with Crippen LogP contribution in [0.4, 0.5) is 0 Å². The third kappa shape index (κ3) is 6.38. The predicted octanol–water partition coefficient (Wildman–Crippen LogP) is 2.58. The molecule has 26 heavy (non-hydrogen) atoms. The Morgan fingerprint density at radius 2 is 1.96 bits per heavy atom. The molecule has 0 radical (unpaired) electrons. The number of likely N-dealkylation sites (tertiary alicyclic amines) is 1. The molecule has 0 aromatic heterocycles. The van der Waals surface area contributed by atoms with Gasteiger partial charge in [0, 0.05) is 26.3 Å². The van der Waals surface area contributed by atoms with Gasteiger partial charge in [-0.3, -0.25) is 9.69 Å². The van der Waals surface area contributed by atoms with E-state index in [2.05, 4.69) is 34.5 Å². The molecule has 0 aliphatic carbocycles. The fraction of sp³-hybridized carbons (Fsp3) is 0.667. The Labute approximate surface area is 157 Å². The van der Waals surface area contributed by atoms with E-state index in [1.54, 1.807) is 0 Å². The van der Waals surface area contributed by atoms with Crippen LogP contribution < -0.4 is 5.32 Å². The van der Waals surface area contributed by atoms with Gasteiger partial charge < -0.3 is 15.2 Å². The fourth-order valence-corrected chi connectivity index (χ4v) is 3.57. The van der Waals surface area contributed by atoms with Crippen LogP contribution in [-0.4, -0.2) is 54.9 Å². The summed E-state index contributed by atoms with van der Waals surface area (Å²) in [6.45, 7) is 8.07. The summed E-state index contributed by atoms with van der Waals surface area (Å²) in [4.78, 5) is 15.2. The second-order valence-corrected chi connectivity index (χ2v) is 7.54. The second kappa shape index (κ2) is 10.7. The molecule has 2 N–H and O–H groups in total. The number of aliphatic hydroxyl groups excluding tert-OH is 1. The van der Waals surface area contributed by atoms with Crippen LogP contribution in [0, 0.1) is 5.41 Å². The van der Waals surface area contributed by atoms with Crippen molar-refractivity contribution in [3.63, 3.8) is 0 Å². The largest absolute Gasteiger partial charge is 0.396 e. The highest BCUT2D eigenvalue weighted by Gasteiger charge is 2.40. The van der Waals surface area contributed by atoms with E-state index in [0.717, 1.165) is 38.9 Å². The van der Waals surface area contributed by atoms with Gasteiger partial charge in [0.1, 0.15) is 0 Å². The van der Waals surface area contributed by atoms with E-state index in [1.165, 1.54) is 5.56 Å². The van der Waals surface area contributed by atoms with Crippen LogP contribution in [0.5, 0.6) is 0 Å². The van der Waals surface area contributed by atoms with Crippen LogP contribution in [0.25, 0.3) is 0 Å². The molecule has 1 heterocycles. The van der Waals surface area contributed by atoms with Crippen LogP contribution in [0.1, 0.15) is 45.1 Å². The maximum absolute atomic E-state index is 12.8. The number of nitrogens with zero attached hydrogens (tertiary/aromatic N) is 1. The molecule has 0 spiro atoms. The lowest BCUT2D eigenvalue weighted by Gasteiger charge is -2.40. The second-order valence-electron chi connectivity index (χ2n) is 7.54. The molecule has 0 unspecified atom stereocenters. The molecule has 1 amide bonds. The van der Waals surface area contributed by atoms with Crippen LogP contribution in [0.2, 0.25) is 0 Å². The summed E-state index contributed by atoms with van der Waals surface area (Å²) >= 11 is 0. The minimum Gasteiger partial charge on any atom is -0.396 e. The summed E-state index contributed by atoms with van der Waals surface area (Å²) in [5.74, 6) is 0.0930. The molecule has 5 nitrogen and oxygen atoms in total. The Kier molecular flexibility index (Phi) is 8.55. The molecule has 1 saturated heterocycles. The highest BCUT2D eigenvalue weighted by atomic mass is 16.5. The van der Waals surface area contributed by atoms with Crippen LogP contribution in [0.3, 0.4) is 0 Å². The van der Waals surface area contributed by atoms with Crippen molar-refractivity contribution in [2.45, 2.75) is 52.2 Å². The van der Waals surface area contributed by atoms with Gasteiger partial charge in [0.05, 0.1) is 11.5 Å². The Balaban J connectivity index is 1.81. The van der Waals surface area contributed by atoms with Gasteiger partial charge in [-0.25, -0.2) is 0 Å². The molecule has 0 atom stereocenters. The summed E-state index contributed by atoms with van der Waals surface area (Å²) in [5.41, 5.74) is 0.873. The van der Waals surface area contributed by atoms with Gasteiger partial charge in [-0.1, -0.05) is 30.3 Å². The van der Waals surface area contributed by atoms with Gasteiger partial charge in [-0.05, 0) is 58.2 Å². The third-order valence-corrected chi connectivity index (χ3v) is 5.19. The lowest BCUT2D eigenvalue weighted by molar-refractivity contribution is -0.135. The first-order chi connectivity index (χ1) is 12.6. The van der Waals surface area contributed by atoms with Crippen molar-refractivity contribution in [1.82, 2.24) is 10.2 Å². The van der Waals surface area contributed by atoms with Crippen molar-refractivity contribution in [2.24, 2.45) is 5.41 Å². The summed E-state index contributed by atoms with van der Waals surface area (Å²) in [7, 11) is 0. The SMILES string of the molecule is CC(C)OCCCNC(=O)C1(CCO)CCN(Cc2ccccc2)CC1. The van der Waals surface area contributed by atoms with Crippen LogP contribution in [-0.2, 0) is 16.1 Å². The first-order valence-electron chi connectivity index (χ1n) is 9.83. The Hall–Kier alpha value is -1.43. The molecule has 5 heteroatoms. The zero-order chi connectivity index (χ0) is 18.8. The van der Waals surface area contributed by atoms with Gasteiger partial charge in [0.25, 0.3) is 0 Å².